The summed E-state index contributed by atoms with van der Waals surface area (Å²) in [6, 6.07) is 22.8. The maximum atomic E-state index is 9.69. The number of rotatable bonds is 9. The van der Waals surface area contributed by atoms with Crippen molar-refractivity contribution < 1.29 is 0 Å². The summed E-state index contributed by atoms with van der Waals surface area (Å²) in [6.07, 6.45) is 2.17. The Bertz CT molecular complexity index is 1290. The number of hydrogen-bond donors (Lipinski definition) is 1. The molecule has 5 nitrogen and oxygen atoms in total. The molecule has 3 aromatic carbocycles. The van der Waals surface area contributed by atoms with E-state index in [0.717, 1.165) is 54.6 Å². The maximum absolute atomic E-state index is 9.69. The molecule has 0 spiro atoms. The van der Waals surface area contributed by atoms with Crippen molar-refractivity contribution in [3.05, 3.63) is 66.2 Å². The van der Waals surface area contributed by atoms with Crippen LogP contribution in [0, 0.1) is 11.3 Å². The van der Waals surface area contributed by atoms with Crippen LogP contribution in [0.3, 0.4) is 0 Å². The molecule has 0 bridgehead atoms. The van der Waals surface area contributed by atoms with Crippen molar-refractivity contribution in [2.75, 3.05) is 25.0 Å². The second-order valence-electron chi connectivity index (χ2n) is 8.49. The zero-order chi connectivity index (χ0) is 23.2. The lowest BCUT2D eigenvalue weighted by Crippen LogP contribution is -2.25. The standard InChI is InChI=1S/C28H31N5/c1-4-33(5-2)17-9-10-20(3)30-28-25-14-8-13-24(19-29)26(25)31-27(32-28)23-16-15-21-11-6-7-12-22(21)18-23/h6-8,11-16,18,20H,4-5,9-10,17H2,1-3H3,(H,30,31,32). The van der Waals surface area contributed by atoms with Gasteiger partial charge in [0.05, 0.1) is 11.1 Å². The van der Waals surface area contributed by atoms with Crippen molar-refractivity contribution >= 4 is 27.5 Å². The van der Waals surface area contributed by atoms with Crippen molar-refractivity contribution in [1.82, 2.24) is 14.9 Å². The highest BCUT2D eigenvalue weighted by molar-refractivity contribution is 5.95. The van der Waals surface area contributed by atoms with E-state index in [-0.39, 0.29) is 6.04 Å². The van der Waals surface area contributed by atoms with E-state index in [1.165, 1.54) is 5.39 Å². The fourth-order valence-corrected chi connectivity index (χ4v) is 4.28. The molecule has 1 atom stereocenters. The van der Waals surface area contributed by atoms with Crippen LogP contribution in [-0.4, -0.2) is 40.5 Å². The lowest BCUT2D eigenvalue weighted by atomic mass is 10.1. The fraction of sp³-hybridized carbons (Fsp3) is 0.321. The molecule has 4 rings (SSSR count). The number of aromatic nitrogens is 2. The van der Waals surface area contributed by atoms with Crippen molar-refractivity contribution in [2.45, 2.75) is 39.7 Å². The third-order valence-corrected chi connectivity index (χ3v) is 6.24. The smallest absolute Gasteiger partial charge is 0.162 e. The van der Waals surface area contributed by atoms with Crippen LogP contribution < -0.4 is 5.32 Å². The molecule has 0 aliphatic carbocycles. The zero-order valence-electron chi connectivity index (χ0n) is 19.7. The summed E-state index contributed by atoms with van der Waals surface area (Å²) in [5, 5.41) is 16.5. The number of para-hydroxylation sites is 1. The first-order chi connectivity index (χ1) is 16.1. The molecule has 0 fully saturated rings. The first kappa shape index (κ1) is 22.7. The average molecular weight is 438 g/mol. The highest BCUT2D eigenvalue weighted by atomic mass is 15.1. The Hall–Kier alpha value is -3.49. The number of nitrogens with one attached hydrogen (secondary N) is 1. The molecule has 5 heteroatoms. The molecule has 0 radical (unpaired) electrons. The van der Waals surface area contributed by atoms with Crippen LogP contribution in [0.5, 0.6) is 0 Å². The van der Waals surface area contributed by atoms with Gasteiger partial charge in [0.25, 0.3) is 0 Å². The first-order valence-electron chi connectivity index (χ1n) is 11.8. The minimum atomic E-state index is 0.258. The molecule has 1 aromatic heterocycles. The van der Waals surface area contributed by atoms with E-state index in [2.05, 4.69) is 67.4 Å². The molecular weight excluding hydrogens is 406 g/mol. The first-order valence-corrected chi connectivity index (χ1v) is 11.8. The number of benzene rings is 3. The number of hydrogen-bond acceptors (Lipinski definition) is 5. The molecule has 0 saturated carbocycles. The lowest BCUT2D eigenvalue weighted by Gasteiger charge is -2.20. The van der Waals surface area contributed by atoms with E-state index >= 15 is 0 Å². The van der Waals surface area contributed by atoms with Gasteiger partial charge < -0.3 is 10.2 Å². The van der Waals surface area contributed by atoms with Crippen LogP contribution in [0.15, 0.2) is 60.7 Å². The number of nitriles is 1. The normalized spacial score (nSPS) is 12.2. The van der Waals surface area contributed by atoms with E-state index in [1.54, 1.807) is 0 Å². The molecular formula is C28H31N5. The van der Waals surface area contributed by atoms with Gasteiger partial charge in [0.15, 0.2) is 5.82 Å². The van der Waals surface area contributed by atoms with Crippen molar-refractivity contribution in [2.24, 2.45) is 0 Å². The number of fused-ring (bicyclic) bond motifs is 2. The summed E-state index contributed by atoms with van der Waals surface area (Å²) in [4.78, 5) is 12.2. The molecule has 168 valence electrons. The van der Waals surface area contributed by atoms with Crippen molar-refractivity contribution in [3.8, 4) is 17.5 Å². The van der Waals surface area contributed by atoms with Crippen LogP contribution >= 0.6 is 0 Å². The second kappa shape index (κ2) is 10.4. The molecule has 1 heterocycles. The van der Waals surface area contributed by atoms with Crippen molar-refractivity contribution in [1.29, 1.82) is 5.26 Å². The lowest BCUT2D eigenvalue weighted by molar-refractivity contribution is 0.295. The fourth-order valence-electron chi connectivity index (χ4n) is 4.28. The minimum absolute atomic E-state index is 0.258. The van der Waals surface area contributed by atoms with Gasteiger partial charge in [-0.05, 0) is 68.4 Å². The summed E-state index contributed by atoms with van der Waals surface area (Å²) >= 11 is 0. The zero-order valence-corrected chi connectivity index (χ0v) is 19.7. The van der Waals surface area contributed by atoms with Crippen LogP contribution in [0.4, 0.5) is 5.82 Å². The highest BCUT2D eigenvalue weighted by Crippen LogP contribution is 2.29. The molecule has 0 aliphatic heterocycles. The summed E-state index contributed by atoms with van der Waals surface area (Å²) < 4.78 is 0. The topological polar surface area (TPSA) is 64.8 Å². The summed E-state index contributed by atoms with van der Waals surface area (Å²) in [5.74, 6) is 1.42. The van der Waals surface area contributed by atoms with E-state index in [1.807, 2.05) is 30.3 Å². The number of anilines is 1. The van der Waals surface area contributed by atoms with Crippen LogP contribution in [-0.2, 0) is 0 Å². The Kier molecular flexibility index (Phi) is 7.16. The molecule has 33 heavy (non-hydrogen) atoms. The van der Waals surface area contributed by atoms with Gasteiger partial charge in [-0.1, -0.05) is 56.3 Å². The third-order valence-electron chi connectivity index (χ3n) is 6.24. The van der Waals surface area contributed by atoms with E-state index in [0.29, 0.717) is 16.9 Å². The molecule has 0 amide bonds. The third kappa shape index (κ3) is 5.13. The van der Waals surface area contributed by atoms with Gasteiger partial charge in [0.1, 0.15) is 11.9 Å². The van der Waals surface area contributed by atoms with Crippen molar-refractivity contribution in [3.63, 3.8) is 0 Å². The van der Waals surface area contributed by atoms with Gasteiger partial charge in [0, 0.05) is 17.0 Å². The molecule has 4 aromatic rings. The maximum Gasteiger partial charge on any atom is 0.162 e. The molecule has 1 N–H and O–H groups in total. The van der Waals surface area contributed by atoms with E-state index in [4.69, 9.17) is 9.97 Å². The van der Waals surface area contributed by atoms with Gasteiger partial charge in [0.2, 0.25) is 0 Å². The molecule has 0 saturated heterocycles. The summed E-state index contributed by atoms with van der Waals surface area (Å²) in [6.45, 7) is 9.88. The van der Waals surface area contributed by atoms with Gasteiger partial charge in [-0.2, -0.15) is 5.26 Å². The Morgan fingerprint density at radius 2 is 1.76 bits per heavy atom. The SMILES string of the molecule is CCN(CC)CCCC(C)Nc1nc(-c2ccc3ccccc3c2)nc2c(C#N)cccc12. The average Bonchev–Trinajstić information content (AvgIpc) is 2.86. The molecule has 0 aliphatic rings. The van der Waals surface area contributed by atoms with Crippen LogP contribution in [0.1, 0.15) is 39.2 Å². The van der Waals surface area contributed by atoms with Gasteiger partial charge in [-0.3, -0.25) is 0 Å². The Balaban J connectivity index is 1.68. The van der Waals surface area contributed by atoms with Crippen LogP contribution in [0.25, 0.3) is 33.1 Å². The van der Waals surface area contributed by atoms with Gasteiger partial charge in [-0.15, -0.1) is 0 Å². The predicted octanol–water partition coefficient (Wildman–Crippen LogP) is 6.24. The second-order valence-corrected chi connectivity index (χ2v) is 8.49. The largest absolute Gasteiger partial charge is 0.367 e. The number of nitrogens with zero attached hydrogens (tertiary/aromatic N) is 4. The van der Waals surface area contributed by atoms with E-state index < -0.39 is 0 Å². The Labute approximate surface area is 196 Å². The summed E-state index contributed by atoms with van der Waals surface area (Å²) in [5.41, 5.74) is 2.20. The van der Waals surface area contributed by atoms with Gasteiger partial charge >= 0.3 is 0 Å². The van der Waals surface area contributed by atoms with E-state index in [9.17, 15) is 5.26 Å². The highest BCUT2D eigenvalue weighted by Gasteiger charge is 2.15. The Morgan fingerprint density at radius 1 is 0.970 bits per heavy atom. The minimum Gasteiger partial charge on any atom is -0.367 e. The summed E-state index contributed by atoms with van der Waals surface area (Å²) in [7, 11) is 0. The Morgan fingerprint density at radius 3 is 2.52 bits per heavy atom. The van der Waals surface area contributed by atoms with Gasteiger partial charge in [-0.25, -0.2) is 9.97 Å². The quantitative estimate of drug-likeness (QED) is 0.335. The molecule has 1 unspecified atom stereocenters. The monoisotopic (exact) mass is 437 g/mol. The predicted molar refractivity (Wildman–Crippen MR) is 137 cm³/mol. The van der Waals surface area contributed by atoms with Crippen LogP contribution in [0.2, 0.25) is 0 Å².